The maximum absolute atomic E-state index is 11.0. The summed E-state index contributed by atoms with van der Waals surface area (Å²) < 4.78 is 0. The minimum Gasteiger partial charge on any atom is -0.352 e. The van der Waals surface area contributed by atoms with E-state index in [1.165, 1.54) is 64.2 Å². The van der Waals surface area contributed by atoms with Gasteiger partial charge in [-0.2, -0.15) is 0 Å². The molecule has 0 unspecified atom stereocenters. The molecule has 2 saturated carbocycles. The highest BCUT2D eigenvalue weighted by Crippen LogP contribution is 2.29. The molecule has 3 N–H and O–H groups in total. The van der Waals surface area contributed by atoms with E-state index < -0.39 is 6.03 Å². The van der Waals surface area contributed by atoms with E-state index >= 15 is 0 Å². The zero-order valence-corrected chi connectivity index (χ0v) is 11.4. The van der Waals surface area contributed by atoms with E-state index in [0.29, 0.717) is 18.8 Å². The van der Waals surface area contributed by atoms with Crippen LogP contribution in [-0.4, -0.2) is 29.7 Å². The van der Waals surface area contributed by atoms with Crippen LogP contribution in [0.4, 0.5) is 4.79 Å². The normalized spacial score (nSPS) is 23.2. The van der Waals surface area contributed by atoms with Crippen LogP contribution in [-0.2, 0) is 0 Å². The van der Waals surface area contributed by atoms with Gasteiger partial charge in [-0.15, -0.1) is 0 Å². The smallest absolute Gasteiger partial charge is 0.313 e. The molecule has 0 bridgehead atoms. The molecule has 0 spiro atoms. The van der Waals surface area contributed by atoms with Crippen molar-refractivity contribution >= 4 is 6.03 Å². The van der Waals surface area contributed by atoms with E-state index in [2.05, 4.69) is 10.2 Å². The van der Waals surface area contributed by atoms with Crippen molar-refractivity contribution in [1.29, 1.82) is 0 Å². The Kier molecular flexibility index (Phi) is 5.29. The summed E-state index contributed by atoms with van der Waals surface area (Å²) in [5.74, 6) is 0. The average molecular weight is 253 g/mol. The van der Waals surface area contributed by atoms with Gasteiger partial charge in [0.15, 0.2) is 0 Å². The van der Waals surface area contributed by atoms with Gasteiger partial charge in [0, 0.05) is 12.1 Å². The van der Waals surface area contributed by atoms with Crippen LogP contribution in [0.3, 0.4) is 0 Å². The first-order chi connectivity index (χ1) is 8.77. The van der Waals surface area contributed by atoms with Crippen LogP contribution in [0.2, 0.25) is 0 Å². The molecule has 0 saturated heterocycles. The fraction of sp³-hybridized carbons (Fsp3) is 0.929. The predicted molar refractivity (Wildman–Crippen MR) is 73.2 cm³/mol. The van der Waals surface area contributed by atoms with Crippen molar-refractivity contribution in [2.75, 3.05) is 6.67 Å². The van der Waals surface area contributed by atoms with Gasteiger partial charge < -0.3 is 11.1 Å². The van der Waals surface area contributed by atoms with Crippen molar-refractivity contribution < 1.29 is 4.79 Å². The van der Waals surface area contributed by atoms with Crippen molar-refractivity contribution in [3.05, 3.63) is 0 Å². The number of primary amides is 1. The molecule has 2 fully saturated rings. The van der Waals surface area contributed by atoms with Gasteiger partial charge in [0.05, 0.1) is 6.67 Å². The van der Waals surface area contributed by atoms with Crippen molar-refractivity contribution in [1.82, 2.24) is 10.2 Å². The van der Waals surface area contributed by atoms with E-state index in [1.54, 1.807) is 0 Å². The van der Waals surface area contributed by atoms with Crippen LogP contribution >= 0.6 is 0 Å². The number of rotatable bonds is 4. The number of nitrogens with zero attached hydrogens (tertiary/aromatic N) is 1. The predicted octanol–water partition coefficient (Wildman–Crippen LogP) is 2.58. The summed E-state index contributed by atoms with van der Waals surface area (Å²) in [5.41, 5.74) is 5.22. The van der Waals surface area contributed by atoms with E-state index in [1.807, 2.05) is 0 Å². The Bertz CT molecular complexity index is 240. The summed E-state index contributed by atoms with van der Waals surface area (Å²) in [7, 11) is 0. The molecule has 2 aliphatic carbocycles. The Labute approximate surface area is 110 Å². The lowest BCUT2D eigenvalue weighted by Gasteiger charge is -2.41. The molecule has 4 nitrogen and oxygen atoms in total. The first-order valence-corrected chi connectivity index (χ1v) is 7.56. The third-order valence-electron chi connectivity index (χ3n) is 4.52. The number of nitrogens with one attached hydrogen (secondary N) is 1. The molecule has 0 aromatic rings. The van der Waals surface area contributed by atoms with E-state index in [0.717, 1.165) is 0 Å². The zero-order valence-electron chi connectivity index (χ0n) is 11.4. The lowest BCUT2D eigenvalue weighted by Crippen LogP contribution is -2.51. The van der Waals surface area contributed by atoms with Gasteiger partial charge in [-0.1, -0.05) is 38.5 Å². The van der Waals surface area contributed by atoms with Gasteiger partial charge in [0.25, 0.3) is 0 Å². The summed E-state index contributed by atoms with van der Waals surface area (Å²) in [6.45, 7) is 0.644. The molecule has 0 radical (unpaired) electrons. The molecular weight excluding hydrogens is 226 g/mol. The molecule has 2 amide bonds. The van der Waals surface area contributed by atoms with Crippen molar-refractivity contribution in [2.45, 2.75) is 76.3 Å². The van der Waals surface area contributed by atoms with Crippen LogP contribution in [0.25, 0.3) is 0 Å². The van der Waals surface area contributed by atoms with Gasteiger partial charge in [-0.3, -0.25) is 4.90 Å². The lowest BCUT2D eigenvalue weighted by atomic mass is 9.89. The van der Waals surface area contributed by atoms with Gasteiger partial charge in [-0.05, 0) is 25.7 Å². The van der Waals surface area contributed by atoms with Gasteiger partial charge in [0.2, 0.25) is 0 Å². The second kappa shape index (κ2) is 6.98. The highest BCUT2D eigenvalue weighted by molar-refractivity contribution is 5.71. The number of nitrogens with two attached hydrogens (primary N) is 1. The molecule has 18 heavy (non-hydrogen) atoms. The Hall–Kier alpha value is -0.770. The number of carbonyl (C=O) groups excluding carboxylic acids is 1. The molecule has 0 aliphatic heterocycles. The third-order valence-corrected chi connectivity index (χ3v) is 4.52. The number of hydrogen-bond donors (Lipinski definition) is 2. The molecule has 0 aromatic heterocycles. The summed E-state index contributed by atoms with van der Waals surface area (Å²) in [4.78, 5) is 13.5. The molecular formula is C14H27N3O. The molecule has 2 rings (SSSR count). The Morgan fingerprint density at radius 3 is 1.78 bits per heavy atom. The Morgan fingerprint density at radius 1 is 0.944 bits per heavy atom. The number of urea groups is 1. The van der Waals surface area contributed by atoms with Gasteiger partial charge in [-0.25, -0.2) is 4.79 Å². The lowest BCUT2D eigenvalue weighted by molar-refractivity contribution is 0.0754. The highest BCUT2D eigenvalue weighted by atomic mass is 16.2. The number of hydrogen-bond acceptors (Lipinski definition) is 2. The first-order valence-electron chi connectivity index (χ1n) is 7.56. The molecule has 104 valence electrons. The fourth-order valence-electron chi connectivity index (χ4n) is 3.55. The van der Waals surface area contributed by atoms with Gasteiger partial charge >= 0.3 is 6.03 Å². The topological polar surface area (TPSA) is 58.4 Å². The molecule has 0 aromatic carbocycles. The standard InChI is InChI=1S/C14H27N3O/c15-14(18)16-11-17(12-7-3-1-4-8-12)13-9-5-2-6-10-13/h12-13H,1-11H2,(H3,15,16,18). The van der Waals surface area contributed by atoms with Crippen molar-refractivity contribution in [2.24, 2.45) is 5.73 Å². The minimum atomic E-state index is -0.397. The van der Waals surface area contributed by atoms with Crippen LogP contribution in [0.15, 0.2) is 0 Å². The van der Waals surface area contributed by atoms with Crippen LogP contribution in [0, 0.1) is 0 Å². The Balaban J connectivity index is 1.93. The quantitative estimate of drug-likeness (QED) is 0.757. The van der Waals surface area contributed by atoms with Crippen LogP contribution in [0.1, 0.15) is 64.2 Å². The molecule has 0 atom stereocenters. The maximum atomic E-state index is 11.0. The van der Waals surface area contributed by atoms with Crippen molar-refractivity contribution in [3.63, 3.8) is 0 Å². The molecule has 2 aliphatic rings. The van der Waals surface area contributed by atoms with E-state index in [9.17, 15) is 4.79 Å². The molecule has 0 heterocycles. The maximum Gasteiger partial charge on any atom is 0.313 e. The first kappa shape index (κ1) is 13.7. The summed E-state index contributed by atoms with van der Waals surface area (Å²) in [5, 5.41) is 2.80. The second-order valence-electron chi connectivity index (χ2n) is 5.80. The summed E-state index contributed by atoms with van der Waals surface area (Å²) in [6, 6.07) is 0.925. The summed E-state index contributed by atoms with van der Waals surface area (Å²) in [6.07, 6.45) is 13.3. The summed E-state index contributed by atoms with van der Waals surface area (Å²) >= 11 is 0. The van der Waals surface area contributed by atoms with Crippen LogP contribution < -0.4 is 11.1 Å². The van der Waals surface area contributed by atoms with Crippen LogP contribution in [0.5, 0.6) is 0 Å². The third kappa shape index (κ3) is 3.87. The second-order valence-corrected chi connectivity index (χ2v) is 5.80. The number of carbonyl (C=O) groups is 1. The SMILES string of the molecule is NC(=O)NCN(C1CCCCC1)C1CCCCC1. The monoisotopic (exact) mass is 253 g/mol. The highest BCUT2D eigenvalue weighted by Gasteiger charge is 2.28. The number of amides is 2. The van der Waals surface area contributed by atoms with E-state index in [4.69, 9.17) is 5.73 Å². The zero-order chi connectivity index (χ0) is 12.8. The fourth-order valence-corrected chi connectivity index (χ4v) is 3.55. The van der Waals surface area contributed by atoms with Gasteiger partial charge in [0.1, 0.15) is 0 Å². The molecule has 4 heteroatoms. The Morgan fingerprint density at radius 2 is 1.39 bits per heavy atom. The van der Waals surface area contributed by atoms with Crippen molar-refractivity contribution in [3.8, 4) is 0 Å². The van der Waals surface area contributed by atoms with E-state index in [-0.39, 0.29) is 0 Å². The minimum absolute atomic E-state index is 0.397. The average Bonchev–Trinajstić information content (AvgIpc) is 2.41. The largest absolute Gasteiger partial charge is 0.352 e.